The summed E-state index contributed by atoms with van der Waals surface area (Å²) in [5.41, 5.74) is 1.85. The molecule has 164 valence electrons. The highest BCUT2D eigenvalue weighted by Gasteiger charge is 2.34. The van der Waals surface area contributed by atoms with E-state index in [1.165, 1.54) is 0 Å². The average Bonchev–Trinajstić information content (AvgIpc) is 3.12. The number of hydrogen-bond acceptors (Lipinski definition) is 5. The molecule has 4 rings (SSSR count). The lowest BCUT2D eigenvalue weighted by molar-refractivity contribution is -0.122. The second kappa shape index (κ2) is 10.1. The zero-order valence-electron chi connectivity index (χ0n) is 17.6. The van der Waals surface area contributed by atoms with E-state index < -0.39 is 5.91 Å². The molecule has 0 atom stereocenters. The molecular weight excluding hydrogens is 436 g/mol. The lowest BCUT2D eigenvalue weighted by Gasteiger charge is -2.14. The standard InChI is InChI=1S/C26H20N2O4S/c29-23(19-11-5-2-6-12-19)20-13-7-8-14-21(20)24(30)27-15-16-28-25(31)22(33-26(28)32)17-18-9-3-1-4-10-18/h1-14,17H,15-16H2,(H,27,30)/b22-17-. The van der Waals surface area contributed by atoms with Gasteiger partial charge in [0.25, 0.3) is 17.1 Å². The van der Waals surface area contributed by atoms with Gasteiger partial charge >= 0.3 is 0 Å². The van der Waals surface area contributed by atoms with Crippen molar-refractivity contribution >= 4 is 40.7 Å². The van der Waals surface area contributed by atoms with Gasteiger partial charge in [0.15, 0.2) is 5.78 Å². The predicted octanol–water partition coefficient (Wildman–Crippen LogP) is 4.38. The third-order valence-electron chi connectivity index (χ3n) is 5.04. The van der Waals surface area contributed by atoms with Gasteiger partial charge in [0.05, 0.1) is 10.5 Å². The summed E-state index contributed by atoms with van der Waals surface area (Å²) in [4.78, 5) is 52.0. The predicted molar refractivity (Wildman–Crippen MR) is 128 cm³/mol. The number of carbonyl (C=O) groups is 4. The van der Waals surface area contributed by atoms with E-state index in [0.29, 0.717) is 10.5 Å². The van der Waals surface area contributed by atoms with Gasteiger partial charge in [-0.25, -0.2) is 0 Å². The summed E-state index contributed by atoms with van der Waals surface area (Å²) < 4.78 is 0. The summed E-state index contributed by atoms with van der Waals surface area (Å²) in [6.07, 6.45) is 1.68. The molecule has 0 aromatic heterocycles. The average molecular weight is 457 g/mol. The van der Waals surface area contributed by atoms with E-state index in [1.54, 1.807) is 54.6 Å². The first-order valence-electron chi connectivity index (χ1n) is 10.3. The highest BCUT2D eigenvalue weighted by Crippen LogP contribution is 2.31. The monoisotopic (exact) mass is 456 g/mol. The lowest BCUT2D eigenvalue weighted by Crippen LogP contribution is -2.37. The minimum Gasteiger partial charge on any atom is -0.350 e. The first-order chi connectivity index (χ1) is 16.0. The summed E-state index contributed by atoms with van der Waals surface area (Å²) in [7, 11) is 0. The molecule has 0 saturated carbocycles. The summed E-state index contributed by atoms with van der Waals surface area (Å²) in [6, 6.07) is 24.6. The molecule has 1 saturated heterocycles. The van der Waals surface area contributed by atoms with Gasteiger partial charge in [-0.3, -0.25) is 24.1 Å². The largest absolute Gasteiger partial charge is 0.350 e. The van der Waals surface area contributed by atoms with E-state index >= 15 is 0 Å². The van der Waals surface area contributed by atoms with Crippen molar-refractivity contribution in [2.75, 3.05) is 13.1 Å². The van der Waals surface area contributed by atoms with Crippen molar-refractivity contribution in [3.63, 3.8) is 0 Å². The van der Waals surface area contributed by atoms with E-state index in [0.717, 1.165) is 22.2 Å². The van der Waals surface area contributed by atoms with Gasteiger partial charge in [-0.05, 0) is 29.5 Å². The molecule has 0 unspecified atom stereocenters. The molecule has 7 heteroatoms. The molecule has 1 aliphatic heterocycles. The molecule has 33 heavy (non-hydrogen) atoms. The highest BCUT2D eigenvalue weighted by molar-refractivity contribution is 8.18. The maximum atomic E-state index is 12.8. The van der Waals surface area contributed by atoms with Crippen molar-refractivity contribution in [1.29, 1.82) is 0 Å². The molecule has 1 fully saturated rings. The van der Waals surface area contributed by atoms with Crippen LogP contribution in [0.1, 0.15) is 31.8 Å². The maximum absolute atomic E-state index is 12.8. The SMILES string of the molecule is O=C(NCCN1C(=O)S/C(=C\c2ccccc2)C1=O)c1ccccc1C(=O)c1ccccc1. The quantitative estimate of drug-likeness (QED) is 0.421. The van der Waals surface area contributed by atoms with E-state index in [-0.39, 0.29) is 41.1 Å². The summed E-state index contributed by atoms with van der Waals surface area (Å²) in [5, 5.41) is 2.33. The third kappa shape index (κ3) is 5.10. The molecule has 0 aliphatic carbocycles. The minimum absolute atomic E-state index is 0.0390. The summed E-state index contributed by atoms with van der Waals surface area (Å²) >= 11 is 0.877. The van der Waals surface area contributed by atoms with Crippen LogP contribution in [-0.2, 0) is 4.79 Å². The second-order valence-corrected chi connectivity index (χ2v) is 8.23. The van der Waals surface area contributed by atoms with Gasteiger partial charge in [0.2, 0.25) is 0 Å². The van der Waals surface area contributed by atoms with Gasteiger partial charge in [-0.1, -0.05) is 78.9 Å². The Hall–Kier alpha value is -3.97. The fraction of sp³-hybridized carbons (Fsp3) is 0.0769. The van der Waals surface area contributed by atoms with E-state index in [4.69, 9.17) is 0 Å². The Morgan fingerprint density at radius 2 is 1.42 bits per heavy atom. The Morgan fingerprint density at radius 1 is 0.818 bits per heavy atom. The van der Waals surface area contributed by atoms with Crippen molar-refractivity contribution in [2.45, 2.75) is 0 Å². The van der Waals surface area contributed by atoms with Crippen molar-refractivity contribution in [1.82, 2.24) is 10.2 Å². The van der Waals surface area contributed by atoms with Crippen LogP contribution in [0, 0.1) is 0 Å². The van der Waals surface area contributed by atoms with Crippen LogP contribution in [0.3, 0.4) is 0 Å². The number of ketones is 1. The molecule has 0 bridgehead atoms. The van der Waals surface area contributed by atoms with E-state index in [9.17, 15) is 19.2 Å². The molecule has 3 aromatic rings. The van der Waals surface area contributed by atoms with Crippen LogP contribution in [0.15, 0.2) is 89.8 Å². The fourth-order valence-electron chi connectivity index (χ4n) is 3.39. The van der Waals surface area contributed by atoms with E-state index in [1.807, 2.05) is 36.4 Å². The van der Waals surface area contributed by atoms with Crippen LogP contribution in [0.2, 0.25) is 0 Å². The van der Waals surface area contributed by atoms with Gasteiger partial charge < -0.3 is 5.32 Å². The van der Waals surface area contributed by atoms with Gasteiger partial charge in [-0.2, -0.15) is 0 Å². The molecule has 0 radical (unpaired) electrons. The number of benzene rings is 3. The van der Waals surface area contributed by atoms with E-state index in [2.05, 4.69) is 5.32 Å². The Labute approximate surface area is 195 Å². The van der Waals surface area contributed by atoms with Crippen molar-refractivity contribution < 1.29 is 19.2 Å². The fourth-order valence-corrected chi connectivity index (χ4v) is 4.26. The topological polar surface area (TPSA) is 83.6 Å². The molecule has 3 aromatic carbocycles. The number of hydrogen-bond donors (Lipinski definition) is 1. The molecule has 6 nitrogen and oxygen atoms in total. The van der Waals surface area contributed by atoms with Crippen LogP contribution in [-0.4, -0.2) is 40.8 Å². The summed E-state index contributed by atoms with van der Waals surface area (Å²) in [5.74, 6) is -1.08. The Balaban J connectivity index is 1.40. The van der Waals surface area contributed by atoms with Gasteiger partial charge in [-0.15, -0.1) is 0 Å². The number of imide groups is 1. The first kappa shape index (κ1) is 22.2. The molecule has 1 aliphatic rings. The van der Waals surface area contributed by atoms with Crippen molar-refractivity contribution in [2.24, 2.45) is 0 Å². The normalized spacial score (nSPS) is 14.5. The number of rotatable bonds is 7. The van der Waals surface area contributed by atoms with Crippen LogP contribution in [0.5, 0.6) is 0 Å². The highest BCUT2D eigenvalue weighted by atomic mass is 32.2. The van der Waals surface area contributed by atoms with Crippen molar-refractivity contribution in [3.8, 4) is 0 Å². The molecule has 1 N–H and O–H groups in total. The Bertz CT molecular complexity index is 1240. The van der Waals surface area contributed by atoms with Gasteiger partial charge in [0.1, 0.15) is 0 Å². The van der Waals surface area contributed by atoms with Gasteiger partial charge in [0, 0.05) is 24.2 Å². The lowest BCUT2D eigenvalue weighted by atomic mass is 9.98. The number of nitrogens with zero attached hydrogens (tertiary/aromatic N) is 1. The number of thioether (sulfide) groups is 1. The minimum atomic E-state index is -0.443. The first-order valence-corrected chi connectivity index (χ1v) is 11.1. The third-order valence-corrected chi connectivity index (χ3v) is 5.95. The maximum Gasteiger partial charge on any atom is 0.293 e. The molecule has 0 spiro atoms. The number of amides is 3. The molecule has 3 amide bonds. The second-order valence-electron chi connectivity index (χ2n) is 7.24. The van der Waals surface area contributed by atoms with Crippen LogP contribution >= 0.6 is 11.8 Å². The number of carbonyl (C=O) groups excluding carboxylic acids is 4. The van der Waals surface area contributed by atoms with Crippen molar-refractivity contribution in [3.05, 3.63) is 112 Å². The Morgan fingerprint density at radius 3 is 2.12 bits per heavy atom. The van der Waals surface area contributed by atoms with Crippen LogP contribution < -0.4 is 5.32 Å². The smallest absolute Gasteiger partial charge is 0.293 e. The zero-order chi connectivity index (χ0) is 23.2. The van der Waals surface area contributed by atoms with Crippen LogP contribution in [0.25, 0.3) is 6.08 Å². The Kier molecular flexibility index (Phi) is 6.80. The molecule has 1 heterocycles. The van der Waals surface area contributed by atoms with Crippen LogP contribution in [0.4, 0.5) is 4.79 Å². The zero-order valence-corrected chi connectivity index (χ0v) is 18.4. The molecular formula is C26H20N2O4S. The summed E-state index contributed by atoms with van der Waals surface area (Å²) in [6.45, 7) is 0.112. The number of nitrogens with one attached hydrogen (secondary N) is 1.